The van der Waals surface area contributed by atoms with Crippen molar-refractivity contribution in [2.45, 2.75) is 25.8 Å². The van der Waals surface area contributed by atoms with E-state index in [9.17, 15) is 4.79 Å². The Labute approximate surface area is 121 Å². The smallest absolute Gasteiger partial charge is 0.263 e. The molecule has 1 saturated heterocycles. The molecule has 1 aliphatic heterocycles. The molecule has 0 radical (unpaired) electrons. The number of thiazole rings is 1. The van der Waals surface area contributed by atoms with E-state index in [-0.39, 0.29) is 17.8 Å². The molecule has 0 aromatic carbocycles. The number of aryl methyl sites for hydroxylation is 1. The summed E-state index contributed by atoms with van der Waals surface area (Å²) >= 11 is 1.40. The molecule has 1 aromatic rings. The van der Waals surface area contributed by atoms with E-state index in [1.54, 1.807) is 6.20 Å². The topological polar surface area (TPSA) is 104 Å². The van der Waals surface area contributed by atoms with Gasteiger partial charge in [0.1, 0.15) is 4.88 Å². The van der Waals surface area contributed by atoms with E-state index in [1.807, 2.05) is 6.92 Å². The lowest BCUT2D eigenvalue weighted by atomic mass is 10.0. The number of amides is 1. The van der Waals surface area contributed by atoms with E-state index in [0.29, 0.717) is 11.4 Å². The van der Waals surface area contributed by atoms with Gasteiger partial charge in [0.15, 0.2) is 5.84 Å². The molecule has 0 spiro atoms. The van der Waals surface area contributed by atoms with Crippen LogP contribution in [-0.4, -0.2) is 52.5 Å². The highest BCUT2D eigenvalue weighted by Gasteiger charge is 2.22. The molecule has 8 heteroatoms. The molecule has 0 aliphatic carbocycles. The number of hydrogen-bond acceptors (Lipinski definition) is 6. The van der Waals surface area contributed by atoms with Gasteiger partial charge >= 0.3 is 0 Å². The third kappa shape index (κ3) is 3.91. The van der Waals surface area contributed by atoms with Gasteiger partial charge in [-0.25, -0.2) is 4.98 Å². The number of nitrogens with zero attached hydrogens (tertiary/aromatic N) is 3. The molecule has 0 atom stereocenters. The third-order valence-corrected chi connectivity index (χ3v) is 4.19. The number of carbonyl (C=O) groups excluding carboxylic acids is 1. The van der Waals surface area contributed by atoms with Crippen LogP contribution in [0.3, 0.4) is 0 Å². The first-order chi connectivity index (χ1) is 9.58. The van der Waals surface area contributed by atoms with Gasteiger partial charge in [0.05, 0.1) is 17.7 Å². The summed E-state index contributed by atoms with van der Waals surface area (Å²) in [5, 5.41) is 15.4. The second kappa shape index (κ2) is 6.67. The highest BCUT2D eigenvalue weighted by Crippen LogP contribution is 2.14. The summed E-state index contributed by atoms with van der Waals surface area (Å²) in [6.07, 6.45) is 3.34. The second-order valence-corrected chi connectivity index (χ2v) is 6.09. The van der Waals surface area contributed by atoms with Crippen LogP contribution in [0.2, 0.25) is 0 Å². The number of piperidine rings is 1. The van der Waals surface area contributed by atoms with Crippen molar-refractivity contribution in [1.82, 2.24) is 15.2 Å². The van der Waals surface area contributed by atoms with Gasteiger partial charge in [0, 0.05) is 19.1 Å². The minimum absolute atomic E-state index is 0.0505. The zero-order valence-electron chi connectivity index (χ0n) is 11.4. The number of oxime groups is 1. The third-order valence-electron chi connectivity index (χ3n) is 3.28. The van der Waals surface area contributed by atoms with Crippen LogP contribution in [0.5, 0.6) is 0 Å². The molecule has 4 N–H and O–H groups in total. The minimum atomic E-state index is -0.0505. The Morgan fingerprint density at radius 3 is 2.90 bits per heavy atom. The lowest BCUT2D eigenvalue weighted by Gasteiger charge is -2.31. The van der Waals surface area contributed by atoms with Crippen molar-refractivity contribution in [2.24, 2.45) is 10.9 Å². The van der Waals surface area contributed by atoms with Crippen LogP contribution in [-0.2, 0) is 0 Å². The van der Waals surface area contributed by atoms with Gasteiger partial charge in [-0.05, 0) is 19.8 Å². The first kappa shape index (κ1) is 14.7. The van der Waals surface area contributed by atoms with Gasteiger partial charge < -0.3 is 16.3 Å². The molecule has 2 rings (SSSR count). The van der Waals surface area contributed by atoms with Gasteiger partial charge in [0.25, 0.3) is 5.91 Å². The van der Waals surface area contributed by atoms with Gasteiger partial charge in [-0.3, -0.25) is 9.69 Å². The Morgan fingerprint density at radius 2 is 2.35 bits per heavy atom. The fourth-order valence-electron chi connectivity index (χ4n) is 2.22. The number of amidine groups is 1. The number of rotatable bonds is 4. The Bertz CT molecular complexity index is 494. The summed E-state index contributed by atoms with van der Waals surface area (Å²) in [4.78, 5) is 18.8. The van der Waals surface area contributed by atoms with E-state index >= 15 is 0 Å². The number of likely N-dealkylation sites (tertiary alicyclic amines) is 1. The summed E-state index contributed by atoms with van der Waals surface area (Å²) in [7, 11) is 0. The average molecular weight is 297 g/mol. The molecule has 0 saturated carbocycles. The van der Waals surface area contributed by atoms with E-state index in [1.165, 1.54) is 11.3 Å². The van der Waals surface area contributed by atoms with Crippen molar-refractivity contribution in [1.29, 1.82) is 0 Å². The molecule has 0 bridgehead atoms. The zero-order chi connectivity index (χ0) is 14.5. The van der Waals surface area contributed by atoms with Crippen molar-refractivity contribution in [3.8, 4) is 0 Å². The first-order valence-corrected chi connectivity index (χ1v) is 7.32. The quantitative estimate of drug-likeness (QED) is 0.323. The molecule has 1 fully saturated rings. The van der Waals surface area contributed by atoms with Crippen LogP contribution in [0.15, 0.2) is 11.4 Å². The first-order valence-electron chi connectivity index (χ1n) is 6.50. The normalized spacial score (nSPS) is 18.1. The maximum atomic E-state index is 12.0. The van der Waals surface area contributed by atoms with Gasteiger partial charge in [0.2, 0.25) is 0 Å². The molecule has 2 heterocycles. The van der Waals surface area contributed by atoms with Gasteiger partial charge in [-0.15, -0.1) is 11.3 Å². The average Bonchev–Trinajstić information content (AvgIpc) is 2.87. The number of nitrogens with one attached hydrogen (secondary N) is 1. The summed E-state index contributed by atoms with van der Waals surface area (Å²) in [6.45, 7) is 3.99. The summed E-state index contributed by atoms with van der Waals surface area (Å²) in [5.74, 6) is 0.165. The van der Waals surface area contributed by atoms with E-state index in [0.717, 1.165) is 30.9 Å². The van der Waals surface area contributed by atoms with Crippen molar-refractivity contribution < 1.29 is 10.0 Å². The molecule has 1 amide bonds. The number of hydrogen-bond donors (Lipinski definition) is 3. The Hall–Kier alpha value is -1.67. The maximum Gasteiger partial charge on any atom is 0.263 e. The van der Waals surface area contributed by atoms with E-state index in [2.05, 4.69) is 20.4 Å². The zero-order valence-corrected chi connectivity index (χ0v) is 12.2. The monoisotopic (exact) mass is 297 g/mol. The Morgan fingerprint density at radius 1 is 1.65 bits per heavy atom. The Balaban J connectivity index is 1.78. The standard InChI is InChI=1S/C12H19N5O2S/c1-8-14-6-10(20-8)12(18)15-9-2-4-17(5-3-9)7-11(13)16-19/h6,9,19H,2-5,7H2,1H3,(H2,13,16)(H,15,18). The Kier molecular flexibility index (Phi) is 4.91. The molecular weight excluding hydrogens is 278 g/mol. The summed E-state index contributed by atoms with van der Waals surface area (Å²) < 4.78 is 0. The molecule has 20 heavy (non-hydrogen) atoms. The van der Waals surface area contributed by atoms with Crippen LogP contribution >= 0.6 is 11.3 Å². The SMILES string of the molecule is Cc1ncc(C(=O)NC2CCN(C/C(N)=N/O)CC2)s1. The lowest BCUT2D eigenvalue weighted by molar-refractivity contribution is 0.0918. The fourth-order valence-corrected chi connectivity index (χ4v) is 2.90. The summed E-state index contributed by atoms with van der Waals surface area (Å²) in [5.41, 5.74) is 5.48. The molecular formula is C12H19N5O2S. The van der Waals surface area contributed by atoms with Crippen molar-refractivity contribution in [3.05, 3.63) is 16.1 Å². The van der Waals surface area contributed by atoms with Crippen molar-refractivity contribution >= 4 is 23.1 Å². The number of carbonyl (C=O) groups is 1. The molecule has 110 valence electrons. The van der Waals surface area contributed by atoms with Crippen LogP contribution in [0.25, 0.3) is 0 Å². The van der Waals surface area contributed by atoms with Crippen LogP contribution in [0, 0.1) is 6.92 Å². The second-order valence-electron chi connectivity index (χ2n) is 4.86. The number of aromatic nitrogens is 1. The molecule has 1 aliphatic rings. The predicted molar refractivity (Wildman–Crippen MR) is 77.2 cm³/mol. The van der Waals surface area contributed by atoms with Crippen LogP contribution < -0.4 is 11.1 Å². The molecule has 0 unspecified atom stereocenters. The highest BCUT2D eigenvalue weighted by molar-refractivity contribution is 7.13. The molecule has 1 aromatic heterocycles. The van der Waals surface area contributed by atoms with Crippen molar-refractivity contribution in [2.75, 3.05) is 19.6 Å². The van der Waals surface area contributed by atoms with Gasteiger partial charge in [-0.1, -0.05) is 5.16 Å². The highest BCUT2D eigenvalue weighted by atomic mass is 32.1. The maximum absolute atomic E-state index is 12.0. The van der Waals surface area contributed by atoms with Crippen LogP contribution in [0.1, 0.15) is 27.5 Å². The largest absolute Gasteiger partial charge is 0.409 e. The molecule has 7 nitrogen and oxygen atoms in total. The fraction of sp³-hybridized carbons (Fsp3) is 0.583. The minimum Gasteiger partial charge on any atom is -0.409 e. The van der Waals surface area contributed by atoms with Crippen LogP contribution in [0.4, 0.5) is 0 Å². The number of nitrogens with two attached hydrogens (primary N) is 1. The van der Waals surface area contributed by atoms with Crippen molar-refractivity contribution in [3.63, 3.8) is 0 Å². The predicted octanol–water partition coefficient (Wildman–Crippen LogP) is 0.392. The van der Waals surface area contributed by atoms with E-state index in [4.69, 9.17) is 10.9 Å². The lowest BCUT2D eigenvalue weighted by Crippen LogP contribution is -2.46. The van der Waals surface area contributed by atoms with Gasteiger partial charge in [-0.2, -0.15) is 0 Å². The summed E-state index contributed by atoms with van der Waals surface area (Å²) in [6, 6.07) is 0.174. The van der Waals surface area contributed by atoms with E-state index < -0.39 is 0 Å².